The number of benzene rings is 2. The number of hydrogen-bond acceptors (Lipinski definition) is 4. The van der Waals surface area contributed by atoms with Crippen molar-refractivity contribution in [3.8, 4) is 22.6 Å². The topological polar surface area (TPSA) is 66.1 Å². The van der Waals surface area contributed by atoms with Crippen LogP contribution in [0, 0.1) is 12.7 Å². The Balaban J connectivity index is 2.03. The lowest BCUT2D eigenvalue weighted by Gasteiger charge is -2.11. The first-order valence-corrected chi connectivity index (χ1v) is 8.55. The summed E-state index contributed by atoms with van der Waals surface area (Å²) in [4.78, 5) is 25.4. The third-order valence-electron chi connectivity index (χ3n) is 4.52. The number of aromatic nitrogens is 3. The van der Waals surface area contributed by atoms with Crippen LogP contribution in [0.4, 0.5) is 4.39 Å². The highest BCUT2D eigenvalue weighted by Gasteiger charge is 2.25. The average molecular weight is 377 g/mol. The Morgan fingerprint density at radius 1 is 1.11 bits per heavy atom. The van der Waals surface area contributed by atoms with Gasteiger partial charge in [-0.15, -0.1) is 0 Å². The van der Waals surface area contributed by atoms with Crippen LogP contribution in [-0.4, -0.2) is 27.4 Å². The fraction of sp³-hybridized carbons (Fsp3) is 0.0952. The zero-order valence-electron chi connectivity index (χ0n) is 15.2. The van der Waals surface area contributed by atoms with E-state index in [1.165, 1.54) is 34.7 Å². The zero-order chi connectivity index (χ0) is 19.8. The molecule has 0 bridgehead atoms. The van der Waals surface area contributed by atoms with Gasteiger partial charge in [0.25, 0.3) is 5.56 Å². The van der Waals surface area contributed by atoms with E-state index in [0.29, 0.717) is 11.4 Å². The molecule has 0 atom stereocenters. The number of carbonyl (C=O) groups is 1. The van der Waals surface area contributed by atoms with E-state index in [2.05, 4.69) is 5.10 Å². The summed E-state index contributed by atoms with van der Waals surface area (Å²) in [6.07, 6.45) is 3.03. The minimum Gasteiger partial charge on any atom is -0.465 e. The summed E-state index contributed by atoms with van der Waals surface area (Å²) in [7, 11) is 1.25. The van der Waals surface area contributed by atoms with Gasteiger partial charge in [0.05, 0.1) is 18.4 Å². The number of carbonyl (C=O) groups excluding carboxylic acids is 1. The summed E-state index contributed by atoms with van der Waals surface area (Å²) >= 11 is 0. The molecule has 0 aromatic heterocycles. The Labute approximate surface area is 159 Å². The third kappa shape index (κ3) is 2.87. The summed E-state index contributed by atoms with van der Waals surface area (Å²) in [6.45, 7) is 1.87. The number of methoxy groups -OCH3 is 1. The van der Waals surface area contributed by atoms with Gasteiger partial charge in [-0.3, -0.25) is 4.79 Å². The van der Waals surface area contributed by atoms with Gasteiger partial charge in [-0.05, 0) is 36.8 Å². The van der Waals surface area contributed by atoms with Gasteiger partial charge in [0, 0.05) is 18.1 Å². The van der Waals surface area contributed by atoms with Crippen LogP contribution in [0.25, 0.3) is 22.6 Å². The van der Waals surface area contributed by atoms with Crippen LogP contribution in [0.3, 0.4) is 0 Å². The SMILES string of the molecule is COC(=O)c1cn(-c2cccc(F)c2)cc2c(=O)n(-c3ccccc3C)nc1-2. The van der Waals surface area contributed by atoms with Gasteiger partial charge in [0.1, 0.15) is 17.1 Å². The second kappa shape index (κ2) is 6.77. The van der Waals surface area contributed by atoms with Gasteiger partial charge >= 0.3 is 5.97 Å². The molecule has 0 saturated carbocycles. The molecule has 2 aliphatic rings. The van der Waals surface area contributed by atoms with Gasteiger partial charge in [-0.25, -0.2) is 9.18 Å². The molecule has 2 heterocycles. The number of halogens is 1. The van der Waals surface area contributed by atoms with Crippen LogP contribution in [0.5, 0.6) is 0 Å². The second-order valence-electron chi connectivity index (χ2n) is 6.32. The van der Waals surface area contributed by atoms with Crippen molar-refractivity contribution in [1.82, 2.24) is 14.3 Å². The highest BCUT2D eigenvalue weighted by atomic mass is 19.1. The number of rotatable bonds is 3. The first kappa shape index (κ1) is 17.7. The van der Waals surface area contributed by atoms with E-state index < -0.39 is 11.8 Å². The van der Waals surface area contributed by atoms with Crippen LogP contribution in [0.2, 0.25) is 0 Å². The number of para-hydroxylation sites is 1. The van der Waals surface area contributed by atoms with E-state index in [1.54, 1.807) is 24.4 Å². The fourth-order valence-corrected chi connectivity index (χ4v) is 3.12. The molecule has 2 aromatic carbocycles. The molecular weight excluding hydrogens is 361 g/mol. The molecule has 0 aliphatic carbocycles. The molecule has 7 heteroatoms. The van der Waals surface area contributed by atoms with Gasteiger partial charge < -0.3 is 9.30 Å². The first-order valence-electron chi connectivity index (χ1n) is 8.55. The number of aryl methyl sites for hydroxylation is 1. The molecule has 0 amide bonds. The van der Waals surface area contributed by atoms with E-state index in [0.717, 1.165) is 5.56 Å². The van der Waals surface area contributed by atoms with E-state index in [9.17, 15) is 14.0 Å². The lowest BCUT2D eigenvalue weighted by molar-refractivity contribution is 0.0600. The smallest absolute Gasteiger partial charge is 0.341 e. The van der Waals surface area contributed by atoms with Crippen molar-refractivity contribution >= 4 is 5.97 Å². The number of pyridine rings is 1. The van der Waals surface area contributed by atoms with E-state index in [1.807, 2.05) is 25.1 Å². The van der Waals surface area contributed by atoms with E-state index >= 15 is 0 Å². The lowest BCUT2D eigenvalue weighted by atomic mass is 10.1. The Morgan fingerprint density at radius 2 is 1.89 bits per heavy atom. The van der Waals surface area contributed by atoms with Crippen LogP contribution in [0.1, 0.15) is 15.9 Å². The molecule has 0 N–H and O–H groups in total. The summed E-state index contributed by atoms with van der Waals surface area (Å²) in [6, 6.07) is 13.2. The summed E-state index contributed by atoms with van der Waals surface area (Å²) in [5.41, 5.74) is 2.16. The maximum Gasteiger partial charge on any atom is 0.341 e. The molecule has 0 saturated heterocycles. The Hall–Kier alpha value is -3.74. The van der Waals surface area contributed by atoms with Crippen LogP contribution < -0.4 is 5.56 Å². The Morgan fingerprint density at radius 3 is 2.61 bits per heavy atom. The van der Waals surface area contributed by atoms with Crippen LogP contribution in [0.15, 0.2) is 65.7 Å². The third-order valence-corrected chi connectivity index (χ3v) is 4.52. The highest BCUT2D eigenvalue weighted by molar-refractivity contribution is 5.96. The molecule has 28 heavy (non-hydrogen) atoms. The standard InChI is InChI=1S/C21H16FN3O3/c1-13-6-3-4-9-18(13)25-20(26)16-11-24(15-8-5-7-14(22)10-15)12-17(19(16)23-25)21(27)28-2/h3-12H,1-2H3. The van der Waals surface area contributed by atoms with E-state index in [-0.39, 0.29) is 22.4 Å². The van der Waals surface area contributed by atoms with Crippen LogP contribution >= 0.6 is 0 Å². The molecule has 4 rings (SSSR count). The predicted molar refractivity (Wildman–Crippen MR) is 102 cm³/mol. The second-order valence-corrected chi connectivity index (χ2v) is 6.32. The number of nitrogens with zero attached hydrogens (tertiary/aromatic N) is 3. The Bertz CT molecular complexity index is 1230. The number of esters is 1. The monoisotopic (exact) mass is 377 g/mol. The summed E-state index contributed by atoms with van der Waals surface area (Å²) in [5.74, 6) is -1.06. The number of ether oxygens (including phenoxy) is 1. The zero-order valence-corrected chi connectivity index (χ0v) is 15.2. The molecule has 2 aliphatic heterocycles. The molecular formula is C21H16FN3O3. The first-order chi connectivity index (χ1) is 13.5. The molecule has 0 radical (unpaired) electrons. The Kier molecular flexibility index (Phi) is 4.27. The van der Waals surface area contributed by atoms with E-state index in [4.69, 9.17) is 4.74 Å². The van der Waals surface area contributed by atoms with Crippen molar-refractivity contribution < 1.29 is 13.9 Å². The number of hydrogen-bond donors (Lipinski definition) is 0. The largest absolute Gasteiger partial charge is 0.465 e. The minimum atomic E-state index is -0.634. The fourth-order valence-electron chi connectivity index (χ4n) is 3.12. The van der Waals surface area contributed by atoms with Gasteiger partial charge in [-0.1, -0.05) is 24.3 Å². The summed E-state index contributed by atoms with van der Waals surface area (Å²) in [5, 5.41) is 4.38. The molecule has 140 valence electrons. The maximum atomic E-state index is 13.7. The molecule has 6 nitrogen and oxygen atoms in total. The lowest BCUT2D eigenvalue weighted by Crippen LogP contribution is -2.16. The predicted octanol–water partition coefficient (Wildman–Crippen LogP) is 3.36. The van der Waals surface area contributed by atoms with Gasteiger partial charge in [0.2, 0.25) is 0 Å². The van der Waals surface area contributed by atoms with Crippen LogP contribution in [-0.2, 0) is 4.74 Å². The van der Waals surface area contributed by atoms with Crippen molar-refractivity contribution in [2.75, 3.05) is 7.11 Å². The normalized spacial score (nSPS) is 11.0. The molecule has 0 fully saturated rings. The molecule has 0 spiro atoms. The van der Waals surface area contributed by atoms with Crippen molar-refractivity contribution in [2.45, 2.75) is 6.92 Å². The highest BCUT2D eigenvalue weighted by Crippen LogP contribution is 2.25. The van der Waals surface area contributed by atoms with Gasteiger partial charge in [0.15, 0.2) is 0 Å². The van der Waals surface area contributed by atoms with Crippen molar-refractivity contribution in [2.24, 2.45) is 0 Å². The quantitative estimate of drug-likeness (QED) is 0.514. The number of fused-ring (bicyclic) bond motifs is 1. The minimum absolute atomic E-state index is 0.119. The molecule has 0 unspecified atom stereocenters. The van der Waals surface area contributed by atoms with Crippen molar-refractivity contribution in [3.63, 3.8) is 0 Å². The molecule has 2 aromatic rings. The average Bonchev–Trinajstić information content (AvgIpc) is 3.03. The van der Waals surface area contributed by atoms with Gasteiger partial charge in [-0.2, -0.15) is 9.78 Å². The van der Waals surface area contributed by atoms with Crippen molar-refractivity contribution in [3.05, 3.63) is 88.2 Å². The van der Waals surface area contributed by atoms with Crippen molar-refractivity contribution in [1.29, 1.82) is 0 Å². The summed E-state index contributed by atoms with van der Waals surface area (Å²) < 4.78 is 21.3. The maximum absolute atomic E-state index is 13.7.